The zero-order valence-corrected chi connectivity index (χ0v) is 34.4. The van der Waals surface area contributed by atoms with Crippen LogP contribution in [0.25, 0.3) is 10.9 Å². The van der Waals surface area contributed by atoms with Gasteiger partial charge in [-0.05, 0) is 53.1 Å². The van der Waals surface area contributed by atoms with Gasteiger partial charge >= 0.3 is 12.1 Å². The summed E-state index contributed by atoms with van der Waals surface area (Å²) in [5, 5.41) is 28.7. The number of rotatable bonds is 18. The predicted molar refractivity (Wildman–Crippen MR) is 221 cm³/mol. The molecule has 324 valence electrons. The second kappa shape index (κ2) is 23.1. The molecule has 3 aromatic carbocycles. The zero-order valence-electron chi connectivity index (χ0n) is 33.5. The third-order valence-corrected chi connectivity index (χ3v) is 9.89. The van der Waals surface area contributed by atoms with Gasteiger partial charge in [0.1, 0.15) is 23.9 Å². The summed E-state index contributed by atoms with van der Waals surface area (Å²) in [6.45, 7) is 7.19. The Morgan fingerprint density at radius 2 is 1.32 bits per heavy atom. The maximum absolute atomic E-state index is 14.1. The summed E-state index contributed by atoms with van der Waals surface area (Å²) in [6.07, 6.45) is -2.77. The molecule has 14 nitrogen and oxygen atoms in total. The van der Waals surface area contributed by atoms with Crippen molar-refractivity contribution >= 4 is 57.4 Å². The number of amides is 4. The molecule has 0 radical (unpaired) electrons. The van der Waals surface area contributed by atoms with Crippen LogP contribution in [0.5, 0.6) is 5.75 Å². The molecule has 0 aliphatic rings. The van der Waals surface area contributed by atoms with Gasteiger partial charge in [-0.1, -0.05) is 100 Å². The number of phenolic OH excluding ortho intramolecular Hbond substituents is 1. The minimum absolute atomic E-state index is 0.0134. The van der Waals surface area contributed by atoms with E-state index in [2.05, 4.69) is 26.3 Å². The number of fused-ring (bicyclic) bond motifs is 1. The first-order chi connectivity index (χ1) is 28.2. The van der Waals surface area contributed by atoms with Crippen molar-refractivity contribution in [2.24, 2.45) is 17.6 Å². The number of aromatic amines is 1. The fraction of sp³-hybridized carbons (Fsp3) is 0.381. The summed E-state index contributed by atoms with van der Waals surface area (Å²) in [4.78, 5) is 79.4. The number of aromatic nitrogens is 1. The van der Waals surface area contributed by atoms with Gasteiger partial charge in [-0.25, -0.2) is 4.79 Å². The molecule has 0 bridgehead atoms. The largest absolute Gasteiger partial charge is 0.508 e. The first-order valence-electron chi connectivity index (χ1n) is 19.0. The molecule has 4 amide bonds. The molecule has 0 aliphatic carbocycles. The molecule has 60 heavy (non-hydrogen) atoms. The van der Waals surface area contributed by atoms with Crippen LogP contribution in [0.15, 0.2) is 85.1 Å². The van der Waals surface area contributed by atoms with Gasteiger partial charge in [0.2, 0.25) is 28.7 Å². The molecule has 0 spiro atoms. The Kier molecular flexibility index (Phi) is 18.6. The van der Waals surface area contributed by atoms with E-state index in [1.165, 1.54) is 12.1 Å². The number of nitrogens with one attached hydrogen (secondary N) is 5. The molecule has 9 N–H and O–H groups in total. The fourth-order valence-electron chi connectivity index (χ4n) is 5.82. The first kappa shape index (κ1) is 48.5. The number of thioether (sulfide) groups is 1. The van der Waals surface area contributed by atoms with Crippen molar-refractivity contribution in [1.82, 2.24) is 26.3 Å². The number of carboxylic acids is 1. The fourth-order valence-corrected chi connectivity index (χ4v) is 6.51. The van der Waals surface area contributed by atoms with Gasteiger partial charge in [0.05, 0.1) is 12.6 Å². The number of para-hydroxylation sites is 1. The lowest BCUT2D eigenvalue weighted by Crippen LogP contribution is -2.59. The highest BCUT2D eigenvalue weighted by Crippen LogP contribution is 2.20. The van der Waals surface area contributed by atoms with Crippen molar-refractivity contribution in [2.75, 3.05) is 6.54 Å². The van der Waals surface area contributed by atoms with Gasteiger partial charge in [0, 0.05) is 35.7 Å². The second-order valence-corrected chi connectivity index (χ2v) is 15.7. The van der Waals surface area contributed by atoms with Gasteiger partial charge in [-0.2, -0.15) is 13.2 Å². The Morgan fingerprint density at radius 1 is 0.750 bits per heavy atom. The van der Waals surface area contributed by atoms with Gasteiger partial charge in [0.25, 0.3) is 0 Å². The van der Waals surface area contributed by atoms with E-state index in [1.807, 2.05) is 68.4 Å². The van der Waals surface area contributed by atoms with Crippen molar-refractivity contribution in [2.45, 2.75) is 83.1 Å². The van der Waals surface area contributed by atoms with E-state index in [0.717, 1.165) is 33.8 Å². The Balaban J connectivity index is 0.00000126. The lowest BCUT2D eigenvalue weighted by atomic mass is 9.99. The van der Waals surface area contributed by atoms with E-state index >= 15 is 0 Å². The molecular formula is C42H51F3N6O8S. The molecule has 1 heterocycles. The van der Waals surface area contributed by atoms with E-state index in [0.29, 0.717) is 17.7 Å². The molecule has 4 aromatic rings. The predicted octanol–water partition coefficient (Wildman–Crippen LogP) is 4.35. The molecule has 18 heteroatoms. The van der Waals surface area contributed by atoms with Crippen molar-refractivity contribution in [3.63, 3.8) is 0 Å². The number of carboxylic acid groups (broad SMARTS) is 1. The zero-order chi connectivity index (χ0) is 44.6. The van der Waals surface area contributed by atoms with E-state index in [1.54, 1.807) is 32.2 Å². The van der Waals surface area contributed by atoms with Crippen LogP contribution in [0.3, 0.4) is 0 Å². The van der Waals surface area contributed by atoms with Crippen LogP contribution in [-0.4, -0.2) is 86.8 Å². The summed E-state index contributed by atoms with van der Waals surface area (Å²) >= 11 is 1.09. The topological polar surface area (TPSA) is 233 Å². The number of hydrogen-bond donors (Lipinski definition) is 8. The Morgan fingerprint density at radius 3 is 1.92 bits per heavy atom. The summed E-state index contributed by atoms with van der Waals surface area (Å²) in [5.41, 5.74) is 9.46. The van der Waals surface area contributed by atoms with E-state index in [-0.39, 0.29) is 42.1 Å². The summed E-state index contributed by atoms with van der Waals surface area (Å²) in [5.74, 6) is -4.78. The van der Waals surface area contributed by atoms with Crippen molar-refractivity contribution in [3.05, 3.63) is 102 Å². The van der Waals surface area contributed by atoms with Crippen LogP contribution in [-0.2, 0) is 47.4 Å². The first-order valence-corrected chi connectivity index (χ1v) is 20.0. The number of carbonyl (C=O) groups excluding carboxylic acids is 5. The number of H-pyrrole nitrogens is 1. The number of hydrogen-bond acceptors (Lipinski definition) is 9. The minimum Gasteiger partial charge on any atom is -0.508 e. The number of aliphatic carboxylic acids is 1. The number of nitrogens with two attached hydrogens (primary N) is 1. The summed E-state index contributed by atoms with van der Waals surface area (Å²) in [6, 6.07) is 19.1. The Labute approximate surface area is 349 Å². The number of carbonyl (C=O) groups is 6. The quantitative estimate of drug-likeness (QED) is 0.0705. The van der Waals surface area contributed by atoms with Gasteiger partial charge in [-0.15, -0.1) is 0 Å². The van der Waals surface area contributed by atoms with Gasteiger partial charge in [0.15, 0.2) is 0 Å². The molecule has 4 atom stereocenters. The average Bonchev–Trinajstić information content (AvgIpc) is 3.60. The van der Waals surface area contributed by atoms with Crippen molar-refractivity contribution in [1.29, 1.82) is 0 Å². The molecular weight excluding hydrogens is 806 g/mol. The van der Waals surface area contributed by atoms with Crippen LogP contribution in [0, 0.1) is 11.8 Å². The normalized spacial score (nSPS) is 13.3. The number of phenols is 1. The molecule has 1 aromatic heterocycles. The van der Waals surface area contributed by atoms with E-state index < -0.39 is 59.9 Å². The summed E-state index contributed by atoms with van der Waals surface area (Å²) in [7, 11) is 0. The number of aromatic hydroxyl groups is 1. The Hall–Kier alpha value is -5.88. The molecule has 0 saturated carbocycles. The van der Waals surface area contributed by atoms with Gasteiger partial charge in [-0.3, -0.25) is 24.0 Å². The minimum atomic E-state index is -5.08. The molecule has 0 fully saturated rings. The van der Waals surface area contributed by atoms with Crippen molar-refractivity contribution < 1.29 is 52.2 Å². The lowest BCUT2D eigenvalue weighted by Gasteiger charge is -2.27. The molecule has 0 aliphatic heterocycles. The van der Waals surface area contributed by atoms with Crippen LogP contribution in [0.2, 0.25) is 0 Å². The van der Waals surface area contributed by atoms with E-state index in [4.69, 9.17) is 15.6 Å². The third kappa shape index (κ3) is 16.1. The van der Waals surface area contributed by atoms with Crippen LogP contribution < -0.4 is 27.0 Å². The maximum atomic E-state index is 14.1. The van der Waals surface area contributed by atoms with Crippen LogP contribution in [0.1, 0.15) is 50.8 Å². The van der Waals surface area contributed by atoms with Gasteiger partial charge < -0.3 is 42.2 Å². The highest BCUT2D eigenvalue weighted by atomic mass is 32.2. The number of benzene rings is 3. The van der Waals surface area contributed by atoms with Crippen LogP contribution in [0.4, 0.5) is 13.2 Å². The van der Waals surface area contributed by atoms with Crippen LogP contribution >= 0.6 is 11.8 Å². The van der Waals surface area contributed by atoms with E-state index in [9.17, 15) is 42.3 Å². The second-order valence-electron chi connectivity index (χ2n) is 14.7. The standard InChI is InChI=1S/C40H50N6O6S.C2HF3O2/c1-24(2)18-31(41)37(49)44-34(20-28-21-42-32-13-9-8-12-30(28)32)38(50)45-33(19-26-14-16-29(47)17-15-26)39(51)46-36(25(3)4)40(52)43-22-35(48)53-23-27-10-6-5-7-11-27;3-2(4,5)1(6)7/h5-17,21,24-25,31,33-34,36,42,47H,18-20,22-23,41H2,1-4H3,(H,43,52)(H,44,49)(H,45,50)(H,46,51);(H,6,7)/t31-,33-,34-,36-;/m0./s1. The summed E-state index contributed by atoms with van der Waals surface area (Å²) < 4.78 is 31.7. The number of alkyl halides is 3. The lowest BCUT2D eigenvalue weighted by molar-refractivity contribution is -0.192. The highest BCUT2D eigenvalue weighted by Gasteiger charge is 2.38. The third-order valence-electron chi connectivity index (χ3n) is 8.94. The Bertz CT molecular complexity index is 2060. The highest BCUT2D eigenvalue weighted by molar-refractivity contribution is 8.13. The van der Waals surface area contributed by atoms with Crippen molar-refractivity contribution in [3.8, 4) is 5.75 Å². The maximum Gasteiger partial charge on any atom is 0.490 e. The molecule has 4 rings (SSSR count). The monoisotopic (exact) mass is 856 g/mol. The SMILES string of the molecule is CC(C)C[C@H](N)C(=O)N[C@@H](Cc1c[nH]c2ccccc12)C(=O)N[C@@H](Cc1ccc(O)cc1)C(=O)N[C@H](C(=O)NCC(=O)SCc1ccccc1)C(C)C.O=C(O)C(F)(F)F. The smallest absolute Gasteiger partial charge is 0.490 e. The molecule has 0 saturated heterocycles. The number of halogens is 3. The molecule has 0 unspecified atom stereocenters. The average molecular weight is 857 g/mol.